The van der Waals surface area contributed by atoms with Crippen molar-refractivity contribution in [2.45, 2.75) is 9.79 Å². The molecule has 0 aliphatic heterocycles. The van der Waals surface area contributed by atoms with Crippen molar-refractivity contribution in [2.24, 2.45) is 0 Å². The molecule has 0 saturated carbocycles. The number of benzene rings is 3. The standard InChI is InChI=1S/C26H17NO6S/c1-32-25(30)15-11-13-17(14-12-15)34-23-21(28)20-22(33-26(23)31)18-9-5-6-10-19(18)27(24(20)29)16-7-3-2-4-8-16/h2-14,28H,1H3. The zero-order valence-corrected chi connectivity index (χ0v) is 18.7. The summed E-state index contributed by atoms with van der Waals surface area (Å²) in [6, 6.07) is 22.4. The second-order valence-corrected chi connectivity index (χ2v) is 8.47. The summed E-state index contributed by atoms with van der Waals surface area (Å²) in [5.41, 5.74) is 0.258. The highest BCUT2D eigenvalue weighted by atomic mass is 32.2. The van der Waals surface area contributed by atoms with E-state index in [1.54, 1.807) is 60.7 Å². The van der Waals surface area contributed by atoms with Crippen LogP contribution in [0, 0.1) is 0 Å². The third kappa shape index (κ3) is 3.54. The van der Waals surface area contributed by atoms with Gasteiger partial charge in [-0.05, 0) is 48.5 Å². The van der Waals surface area contributed by atoms with E-state index in [0.717, 1.165) is 11.8 Å². The molecule has 0 unspecified atom stereocenters. The average molecular weight is 471 g/mol. The van der Waals surface area contributed by atoms with Crippen molar-refractivity contribution < 1.29 is 19.1 Å². The zero-order valence-electron chi connectivity index (χ0n) is 17.8. The first kappa shape index (κ1) is 21.5. The molecule has 2 aromatic heterocycles. The van der Waals surface area contributed by atoms with E-state index in [9.17, 15) is 19.5 Å². The van der Waals surface area contributed by atoms with Gasteiger partial charge in [-0.25, -0.2) is 9.59 Å². The van der Waals surface area contributed by atoms with Crippen molar-refractivity contribution >= 4 is 39.6 Å². The highest BCUT2D eigenvalue weighted by molar-refractivity contribution is 7.99. The first-order valence-electron chi connectivity index (χ1n) is 10.2. The van der Waals surface area contributed by atoms with Crippen LogP contribution in [0.15, 0.2) is 103 Å². The van der Waals surface area contributed by atoms with Crippen molar-refractivity contribution in [1.82, 2.24) is 4.57 Å². The van der Waals surface area contributed by atoms with Gasteiger partial charge < -0.3 is 14.3 Å². The second kappa shape index (κ2) is 8.57. The molecular formula is C26H17NO6S. The summed E-state index contributed by atoms with van der Waals surface area (Å²) in [6.07, 6.45) is 0. The Labute approximate surface area is 196 Å². The highest BCUT2D eigenvalue weighted by Crippen LogP contribution is 2.37. The SMILES string of the molecule is COC(=O)c1ccc(Sc2c(O)c3c(=O)n(-c4ccccc4)c4ccccc4c3oc2=O)cc1. The lowest BCUT2D eigenvalue weighted by Gasteiger charge is -2.14. The Bertz CT molecular complexity index is 1670. The number of pyridine rings is 1. The molecule has 0 atom stereocenters. The molecule has 168 valence electrons. The number of hydrogen-bond donors (Lipinski definition) is 1. The molecule has 3 aromatic carbocycles. The highest BCUT2D eigenvalue weighted by Gasteiger charge is 2.22. The molecule has 0 bridgehead atoms. The van der Waals surface area contributed by atoms with E-state index < -0.39 is 22.9 Å². The molecule has 5 aromatic rings. The molecule has 0 fully saturated rings. The molecule has 0 amide bonds. The number of carbonyl (C=O) groups excluding carboxylic acids is 1. The van der Waals surface area contributed by atoms with Crippen LogP contribution in [0.2, 0.25) is 0 Å². The summed E-state index contributed by atoms with van der Waals surface area (Å²) >= 11 is 0.943. The van der Waals surface area contributed by atoms with Gasteiger partial charge in [0.2, 0.25) is 0 Å². The van der Waals surface area contributed by atoms with E-state index in [4.69, 9.17) is 4.42 Å². The maximum Gasteiger partial charge on any atom is 0.354 e. The minimum absolute atomic E-state index is 0.0284. The number of aromatic hydroxyl groups is 1. The van der Waals surface area contributed by atoms with Gasteiger partial charge in [0.05, 0.1) is 18.2 Å². The third-order valence-electron chi connectivity index (χ3n) is 5.38. The van der Waals surface area contributed by atoms with Crippen LogP contribution in [0.4, 0.5) is 0 Å². The maximum absolute atomic E-state index is 13.6. The molecule has 0 spiro atoms. The topological polar surface area (TPSA) is 98.7 Å². The molecule has 0 aliphatic carbocycles. The summed E-state index contributed by atoms with van der Waals surface area (Å²) in [5.74, 6) is -0.938. The fraction of sp³-hybridized carbons (Fsp3) is 0.0385. The molecule has 2 heterocycles. The van der Waals surface area contributed by atoms with E-state index in [1.807, 2.05) is 18.2 Å². The van der Waals surface area contributed by atoms with E-state index in [-0.39, 0.29) is 15.9 Å². The van der Waals surface area contributed by atoms with Gasteiger partial charge in [0, 0.05) is 16.0 Å². The number of fused-ring (bicyclic) bond motifs is 3. The van der Waals surface area contributed by atoms with Crippen LogP contribution in [0.1, 0.15) is 10.4 Å². The summed E-state index contributed by atoms with van der Waals surface area (Å²) in [4.78, 5) is 38.6. The van der Waals surface area contributed by atoms with Crippen LogP contribution in [0.25, 0.3) is 27.6 Å². The van der Waals surface area contributed by atoms with Gasteiger partial charge in [-0.2, -0.15) is 0 Å². The van der Waals surface area contributed by atoms with Gasteiger partial charge in [-0.3, -0.25) is 9.36 Å². The number of para-hydroxylation sites is 2. The molecule has 34 heavy (non-hydrogen) atoms. The Morgan fingerprint density at radius 1 is 0.941 bits per heavy atom. The van der Waals surface area contributed by atoms with Crippen LogP contribution in [-0.4, -0.2) is 22.8 Å². The molecule has 1 N–H and O–H groups in total. The first-order chi connectivity index (χ1) is 16.5. The summed E-state index contributed by atoms with van der Waals surface area (Å²) in [6.45, 7) is 0. The normalized spacial score (nSPS) is 11.1. The maximum atomic E-state index is 13.6. The molecule has 8 heteroatoms. The van der Waals surface area contributed by atoms with Gasteiger partial charge in [0.1, 0.15) is 10.3 Å². The minimum atomic E-state index is -0.769. The number of aromatic nitrogens is 1. The van der Waals surface area contributed by atoms with Gasteiger partial charge in [0.25, 0.3) is 5.56 Å². The van der Waals surface area contributed by atoms with Crippen molar-refractivity contribution in [2.75, 3.05) is 7.11 Å². The largest absolute Gasteiger partial charge is 0.505 e. The Balaban J connectivity index is 1.74. The van der Waals surface area contributed by atoms with E-state index in [2.05, 4.69) is 4.74 Å². The number of methoxy groups -OCH3 is 1. The lowest BCUT2D eigenvalue weighted by atomic mass is 10.1. The lowest BCUT2D eigenvalue weighted by molar-refractivity contribution is 0.0600. The lowest BCUT2D eigenvalue weighted by Crippen LogP contribution is -2.20. The third-order valence-corrected chi connectivity index (χ3v) is 6.45. The van der Waals surface area contributed by atoms with Gasteiger partial charge in [-0.15, -0.1) is 0 Å². The number of nitrogens with zero attached hydrogens (tertiary/aromatic N) is 1. The van der Waals surface area contributed by atoms with Crippen LogP contribution < -0.4 is 11.2 Å². The molecule has 0 aliphatic rings. The Kier molecular flexibility index (Phi) is 5.43. The fourth-order valence-corrected chi connectivity index (χ4v) is 4.63. The van der Waals surface area contributed by atoms with Crippen molar-refractivity contribution in [3.8, 4) is 11.4 Å². The summed E-state index contributed by atoms with van der Waals surface area (Å²) in [5, 5.41) is 11.5. The Morgan fingerprint density at radius 3 is 2.32 bits per heavy atom. The van der Waals surface area contributed by atoms with Crippen molar-refractivity contribution in [3.63, 3.8) is 0 Å². The average Bonchev–Trinajstić information content (AvgIpc) is 2.87. The smallest absolute Gasteiger partial charge is 0.354 e. The Hall–Kier alpha value is -4.30. The summed E-state index contributed by atoms with van der Waals surface area (Å²) < 4.78 is 11.8. The predicted octanol–water partition coefficient (Wildman–Crippen LogP) is 4.74. The number of ether oxygens (including phenoxy) is 1. The number of esters is 1. The quantitative estimate of drug-likeness (QED) is 0.299. The van der Waals surface area contributed by atoms with Crippen LogP contribution in [0.5, 0.6) is 5.75 Å². The van der Waals surface area contributed by atoms with Crippen LogP contribution >= 0.6 is 11.8 Å². The fourth-order valence-electron chi connectivity index (χ4n) is 3.80. The van der Waals surface area contributed by atoms with Gasteiger partial charge in [-0.1, -0.05) is 42.1 Å². The van der Waals surface area contributed by atoms with Gasteiger partial charge in [0.15, 0.2) is 11.3 Å². The van der Waals surface area contributed by atoms with Gasteiger partial charge >= 0.3 is 11.6 Å². The van der Waals surface area contributed by atoms with E-state index in [1.165, 1.54) is 11.7 Å². The second-order valence-electron chi connectivity index (χ2n) is 7.38. The van der Waals surface area contributed by atoms with Crippen molar-refractivity contribution in [3.05, 3.63) is 105 Å². The minimum Gasteiger partial charge on any atom is -0.505 e. The molecule has 0 saturated heterocycles. The van der Waals surface area contributed by atoms with E-state index in [0.29, 0.717) is 27.0 Å². The molecule has 0 radical (unpaired) electrons. The number of rotatable bonds is 4. The molecular weight excluding hydrogens is 454 g/mol. The monoisotopic (exact) mass is 471 g/mol. The first-order valence-corrected chi connectivity index (χ1v) is 11.1. The Morgan fingerprint density at radius 2 is 1.62 bits per heavy atom. The van der Waals surface area contributed by atoms with E-state index >= 15 is 0 Å². The zero-order chi connectivity index (χ0) is 23.8. The number of hydrogen-bond acceptors (Lipinski definition) is 7. The molecule has 7 nitrogen and oxygen atoms in total. The van der Waals surface area contributed by atoms with Crippen molar-refractivity contribution in [1.29, 1.82) is 0 Å². The predicted molar refractivity (Wildman–Crippen MR) is 129 cm³/mol. The van der Waals surface area contributed by atoms with Crippen LogP contribution in [0.3, 0.4) is 0 Å². The molecule has 5 rings (SSSR count). The number of carbonyl (C=O) groups is 1. The summed E-state index contributed by atoms with van der Waals surface area (Å²) in [7, 11) is 1.29. The van der Waals surface area contributed by atoms with Crippen LogP contribution in [-0.2, 0) is 4.74 Å².